The Balaban J connectivity index is 1.31. The number of para-hydroxylation sites is 1. The summed E-state index contributed by atoms with van der Waals surface area (Å²) in [6.45, 7) is 0. The third-order valence-corrected chi connectivity index (χ3v) is 8.16. The van der Waals surface area contributed by atoms with Gasteiger partial charge in [0.05, 0.1) is 16.6 Å². The molecule has 3 heteroatoms. The zero-order valence-electron chi connectivity index (χ0n) is 22.8. The average molecular weight is 539 g/mol. The maximum Gasteiger partial charge on any atom is 0.193 e. The molecule has 0 saturated carbocycles. The van der Waals surface area contributed by atoms with Crippen LogP contribution < -0.4 is 0 Å². The molecule has 0 aliphatic rings. The van der Waals surface area contributed by atoms with Crippen LogP contribution in [0.4, 0.5) is 0 Å². The Hall–Kier alpha value is -5.67. The number of rotatable bonds is 5. The van der Waals surface area contributed by atoms with E-state index in [1.54, 1.807) is 0 Å². The molecule has 0 N–H and O–H groups in total. The Morgan fingerprint density at radius 2 is 1.14 bits per heavy atom. The standard InChI is InChI=1S/C39H26N2O/c42-39(29-12-5-2-6-13-29)30-14-9-15-32(26-30)41-37-17-8-7-16-33(37)34-22-23-36-35(38(34)41)24-25-40(36)31-20-18-28(19-21-31)27-10-3-1-4-11-27/h1-26H. The van der Waals surface area contributed by atoms with E-state index >= 15 is 0 Å². The molecule has 8 aromatic rings. The summed E-state index contributed by atoms with van der Waals surface area (Å²) in [4.78, 5) is 13.4. The molecule has 0 aliphatic heterocycles. The average Bonchev–Trinajstić information content (AvgIpc) is 3.65. The molecule has 3 nitrogen and oxygen atoms in total. The smallest absolute Gasteiger partial charge is 0.193 e. The Bertz CT molecular complexity index is 2240. The van der Waals surface area contributed by atoms with Crippen LogP contribution in [0.15, 0.2) is 158 Å². The number of benzene rings is 6. The van der Waals surface area contributed by atoms with Crippen molar-refractivity contribution >= 4 is 38.5 Å². The molecule has 0 bridgehead atoms. The largest absolute Gasteiger partial charge is 0.316 e. The first kappa shape index (κ1) is 24.2. The third-order valence-electron chi connectivity index (χ3n) is 8.16. The molecule has 0 atom stereocenters. The highest BCUT2D eigenvalue weighted by molar-refractivity contribution is 6.18. The molecular weight excluding hydrogens is 512 g/mol. The summed E-state index contributed by atoms with van der Waals surface area (Å²) >= 11 is 0. The monoisotopic (exact) mass is 538 g/mol. The maximum absolute atomic E-state index is 13.4. The lowest BCUT2D eigenvalue weighted by atomic mass is 10.0. The van der Waals surface area contributed by atoms with Gasteiger partial charge in [0.1, 0.15) is 0 Å². The Kier molecular flexibility index (Phi) is 5.61. The fourth-order valence-electron chi connectivity index (χ4n) is 6.16. The predicted molar refractivity (Wildman–Crippen MR) is 173 cm³/mol. The van der Waals surface area contributed by atoms with Gasteiger partial charge in [-0.1, -0.05) is 109 Å². The lowest BCUT2D eigenvalue weighted by molar-refractivity contribution is 0.103. The van der Waals surface area contributed by atoms with Crippen molar-refractivity contribution < 1.29 is 4.79 Å². The molecular formula is C39H26N2O. The first-order valence-electron chi connectivity index (χ1n) is 14.2. The summed E-state index contributed by atoms with van der Waals surface area (Å²) in [7, 11) is 0. The van der Waals surface area contributed by atoms with Crippen LogP contribution in [0.5, 0.6) is 0 Å². The lowest BCUT2D eigenvalue weighted by Crippen LogP contribution is -2.03. The van der Waals surface area contributed by atoms with Gasteiger partial charge in [-0.2, -0.15) is 0 Å². The van der Waals surface area contributed by atoms with Gasteiger partial charge in [-0.05, 0) is 53.6 Å². The Morgan fingerprint density at radius 3 is 1.95 bits per heavy atom. The highest BCUT2D eigenvalue weighted by Crippen LogP contribution is 2.38. The van der Waals surface area contributed by atoms with Crippen molar-refractivity contribution in [1.29, 1.82) is 0 Å². The molecule has 0 aliphatic carbocycles. The van der Waals surface area contributed by atoms with Crippen LogP contribution in [0.1, 0.15) is 15.9 Å². The van der Waals surface area contributed by atoms with Crippen molar-refractivity contribution in [3.63, 3.8) is 0 Å². The van der Waals surface area contributed by atoms with Crippen LogP contribution in [0.2, 0.25) is 0 Å². The van der Waals surface area contributed by atoms with Gasteiger partial charge in [0, 0.05) is 44.9 Å². The number of nitrogens with zero attached hydrogens (tertiary/aromatic N) is 2. The van der Waals surface area contributed by atoms with E-state index in [1.165, 1.54) is 21.9 Å². The van der Waals surface area contributed by atoms with Crippen LogP contribution in [-0.2, 0) is 0 Å². The van der Waals surface area contributed by atoms with Crippen LogP contribution in [-0.4, -0.2) is 14.9 Å². The molecule has 2 heterocycles. The van der Waals surface area contributed by atoms with Gasteiger partial charge in [0.2, 0.25) is 0 Å². The minimum absolute atomic E-state index is 0.0217. The van der Waals surface area contributed by atoms with Gasteiger partial charge in [0.25, 0.3) is 0 Å². The van der Waals surface area contributed by atoms with Gasteiger partial charge >= 0.3 is 0 Å². The van der Waals surface area contributed by atoms with Gasteiger partial charge in [0.15, 0.2) is 5.78 Å². The van der Waals surface area contributed by atoms with E-state index in [0.717, 1.165) is 33.3 Å². The number of carbonyl (C=O) groups is 1. The molecule has 8 rings (SSSR count). The second-order valence-corrected chi connectivity index (χ2v) is 10.6. The van der Waals surface area contributed by atoms with E-state index in [0.29, 0.717) is 11.1 Å². The molecule has 0 spiro atoms. The Morgan fingerprint density at radius 1 is 0.452 bits per heavy atom. The summed E-state index contributed by atoms with van der Waals surface area (Å²) in [5.41, 5.74) is 9.24. The van der Waals surface area contributed by atoms with Gasteiger partial charge in [-0.15, -0.1) is 0 Å². The van der Waals surface area contributed by atoms with Gasteiger partial charge < -0.3 is 9.13 Å². The summed E-state index contributed by atoms with van der Waals surface area (Å²) in [5.74, 6) is 0.0217. The molecule has 42 heavy (non-hydrogen) atoms. The van der Waals surface area contributed by atoms with Crippen LogP contribution in [0.25, 0.3) is 55.2 Å². The van der Waals surface area contributed by atoms with Crippen molar-refractivity contribution in [2.24, 2.45) is 0 Å². The summed E-state index contributed by atoms with van der Waals surface area (Å²) in [5, 5.41) is 3.54. The van der Waals surface area contributed by atoms with E-state index < -0.39 is 0 Å². The molecule has 198 valence electrons. The van der Waals surface area contributed by atoms with Gasteiger partial charge in [-0.25, -0.2) is 0 Å². The minimum Gasteiger partial charge on any atom is -0.316 e. The second-order valence-electron chi connectivity index (χ2n) is 10.6. The van der Waals surface area contributed by atoms with Crippen LogP contribution in [0, 0.1) is 0 Å². The van der Waals surface area contributed by atoms with Crippen molar-refractivity contribution in [3.8, 4) is 22.5 Å². The number of carbonyl (C=O) groups excluding carboxylic acids is 1. The maximum atomic E-state index is 13.4. The summed E-state index contributed by atoms with van der Waals surface area (Å²) in [6, 6.07) is 51.8. The quantitative estimate of drug-likeness (QED) is 0.200. The fraction of sp³-hybridized carbons (Fsp3) is 0. The third kappa shape index (κ3) is 3.87. The lowest BCUT2D eigenvalue weighted by Gasteiger charge is -2.11. The number of ketones is 1. The topological polar surface area (TPSA) is 26.9 Å². The van der Waals surface area contributed by atoms with Crippen LogP contribution in [0.3, 0.4) is 0 Å². The normalized spacial score (nSPS) is 11.4. The second kappa shape index (κ2) is 9.76. The van der Waals surface area contributed by atoms with Crippen molar-refractivity contribution in [2.45, 2.75) is 0 Å². The zero-order valence-corrected chi connectivity index (χ0v) is 22.8. The molecule has 0 amide bonds. The highest BCUT2D eigenvalue weighted by Gasteiger charge is 2.18. The molecule has 0 unspecified atom stereocenters. The van der Waals surface area contributed by atoms with Crippen molar-refractivity contribution in [2.75, 3.05) is 0 Å². The molecule has 2 aromatic heterocycles. The van der Waals surface area contributed by atoms with Crippen LogP contribution >= 0.6 is 0 Å². The SMILES string of the molecule is O=C(c1ccccc1)c1cccc(-n2c3ccccc3c3ccc4c(ccn4-c4ccc(-c5ccccc5)cc4)c32)c1. The van der Waals surface area contributed by atoms with Crippen molar-refractivity contribution in [1.82, 2.24) is 9.13 Å². The van der Waals surface area contributed by atoms with E-state index in [1.807, 2.05) is 54.6 Å². The zero-order chi connectivity index (χ0) is 28.0. The number of hydrogen-bond donors (Lipinski definition) is 0. The number of hydrogen-bond acceptors (Lipinski definition) is 1. The number of aromatic nitrogens is 2. The first-order valence-corrected chi connectivity index (χ1v) is 14.2. The molecule has 6 aromatic carbocycles. The predicted octanol–water partition coefficient (Wildman–Crippen LogP) is 9.63. The van der Waals surface area contributed by atoms with E-state index in [9.17, 15) is 4.79 Å². The van der Waals surface area contributed by atoms with E-state index in [2.05, 4.69) is 112 Å². The highest BCUT2D eigenvalue weighted by atomic mass is 16.1. The van der Waals surface area contributed by atoms with E-state index in [-0.39, 0.29) is 5.78 Å². The van der Waals surface area contributed by atoms with E-state index in [4.69, 9.17) is 0 Å². The molecule has 0 fully saturated rings. The van der Waals surface area contributed by atoms with Gasteiger partial charge in [-0.3, -0.25) is 4.79 Å². The summed E-state index contributed by atoms with van der Waals surface area (Å²) in [6.07, 6.45) is 2.15. The Labute approximate surface area is 243 Å². The van der Waals surface area contributed by atoms with Crippen molar-refractivity contribution in [3.05, 3.63) is 169 Å². The molecule has 0 radical (unpaired) electrons. The molecule has 0 saturated heterocycles. The fourth-order valence-corrected chi connectivity index (χ4v) is 6.16. The number of fused-ring (bicyclic) bond motifs is 5. The minimum atomic E-state index is 0.0217. The first-order chi connectivity index (χ1) is 20.8. The summed E-state index contributed by atoms with van der Waals surface area (Å²) < 4.78 is 4.55.